The number of carbonyl (C=O) groups is 1. The van der Waals surface area contributed by atoms with Crippen molar-refractivity contribution in [2.75, 3.05) is 36.5 Å². The Morgan fingerprint density at radius 1 is 1.20 bits per heavy atom. The molecule has 4 aliphatic heterocycles. The lowest BCUT2D eigenvalue weighted by Crippen LogP contribution is -2.53. The van der Waals surface area contributed by atoms with Gasteiger partial charge in [-0.2, -0.15) is 0 Å². The van der Waals surface area contributed by atoms with Gasteiger partial charge in [0.2, 0.25) is 5.91 Å². The van der Waals surface area contributed by atoms with Crippen molar-refractivity contribution in [1.29, 1.82) is 0 Å². The predicted molar refractivity (Wildman–Crippen MR) is 119 cm³/mol. The number of fused-ring (bicyclic) bond motifs is 4. The van der Waals surface area contributed by atoms with Crippen LogP contribution in [0.15, 0.2) is 36.4 Å². The minimum atomic E-state index is -0.0830. The van der Waals surface area contributed by atoms with E-state index >= 15 is 0 Å². The Hall–Kier alpha value is -2.53. The predicted octanol–water partition coefficient (Wildman–Crippen LogP) is 3.57. The van der Waals surface area contributed by atoms with Crippen molar-refractivity contribution in [3.63, 3.8) is 0 Å². The standard InChI is InChI=1S/C25H29N3O2/c1-16-25(29)26-21-9-3-8-19-20-15-27(13-10-22(20)28(16)23(19)21)12-4-7-17-5-2-6-18-11-14-30-24(17)18/h2-3,5-6,8-9,16,20,22H,4,7,10-15H2,1H3,(H,26,29)/t16?,20-,22-/m0/s1. The molecule has 30 heavy (non-hydrogen) atoms. The first kappa shape index (κ1) is 18.3. The van der Waals surface area contributed by atoms with Gasteiger partial charge in [0.25, 0.3) is 0 Å². The number of nitrogens with one attached hydrogen (secondary N) is 1. The number of ether oxygens (including phenoxy) is 1. The molecule has 0 spiro atoms. The number of piperidine rings is 1. The summed E-state index contributed by atoms with van der Waals surface area (Å²) < 4.78 is 5.88. The minimum Gasteiger partial charge on any atom is -0.493 e. The third kappa shape index (κ3) is 2.75. The molecule has 2 aromatic rings. The van der Waals surface area contributed by atoms with E-state index in [1.54, 1.807) is 0 Å². The monoisotopic (exact) mass is 403 g/mol. The van der Waals surface area contributed by atoms with Gasteiger partial charge in [-0.25, -0.2) is 0 Å². The summed E-state index contributed by atoms with van der Waals surface area (Å²) in [5.74, 6) is 1.77. The maximum atomic E-state index is 12.5. The second-order valence-electron chi connectivity index (χ2n) is 9.19. The summed E-state index contributed by atoms with van der Waals surface area (Å²) in [4.78, 5) is 17.5. The largest absolute Gasteiger partial charge is 0.493 e. The van der Waals surface area contributed by atoms with Gasteiger partial charge in [0, 0.05) is 31.5 Å². The van der Waals surface area contributed by atoms with Crippen LogP contribution in [-0.2, 0) is 17.6 Å². The van der Waals surface area contributed by atoms with Gasteiger partial charge >= 0.3 is 0 Å². The van der Waals surface area contributed by atoms with Crippen LogP contribution in [0.4, 0.5) is 11.4 Å². The van der Waals surface area contributed by atoms with Gasteiger partial charge in [-0.05, 0) is 55.5 Å². The van der Waals surface area contributed by atoms with E-state index in [0.29, 0.717) is 12.0 Å². The number of hydrogen-bond acceptors (Lipinski definition) is 4. The van der Waals surface area contributed by atoms with E-state index in [9.17, 15) is 4.79 Å². The van der Waals surface area contributed by atoms with E-state index in [4.69, 9.17) is 4.74 Å². The van der Waals surface area contributed by atoms with Gasteiger partial charge in [0.05, 0.1) is 18.0 Å². The van der Waals surface area contributed by atoms with Gasteiger partial charge in [-0.15, -0.1) is 0 Å². The molecule has 0 aliphatic carbocycles. The SMILES string of the molecule is CC1C(=O)Nc2cccc3c2N1[C@H]1CCN(CCCc2cccc4c2OCC4)C[C@@H]31. The molecule has 5 nitrogen and oxygen atoms in total. The number of benzene rings is 2. The van der Waals surface area contributed by atoms with Crippen LogP contribution in [0, 0.1) is 0 Å². The highest BCUT2D eigenvalue weighted by Crippen LogP contribution is 2.50. The summed E-state index contributed by atoms with van der Waals surface area (Å²) in [7, 11) is 0. The highest BCUT2D eigenvalue weighted by molar-refractivity contribution is 6.05. The number of aryl methyl sites for hydroxylation is 1. The molecule has 4 aliphatic rings. The fourth-order valence-corrected chi connectivity index (χ4v) is 6.08. The molecular weight excluding hydrogens is 374 g/mol. The Balaban J connectivity index is 1.16. The summed E-state index contributed by atoms with van der Waals surface area (Å²) in [5, 5.41) is 3.11. The molecule has 4 heterocycles. The highest BCUT2D eigenvalue weighted by Gasteiger charge is 2.47. The second kappa shape index (κ2) is 7.02. The van der Waals surface area contributed by atoms with Crippen LogP contribution in [0.25, 0.3) is 0 Å². The molecule has 1 unspecified atom stereocenters. The van der Waals surface area contributed by atoms with E-state index in [2.05, 4.69) is 45.4 Å². The van der Waals surface area contributed by atoms with Crippen LogP contribution in [0.3, 0.4) is 0 Å². The Kier molecular flexibility index (Phi) is 4.27. The fraction of sp³-hybridized carbons (Fsp3) is 0.480. The normalized spacial score (nSPS) is 26.6. The van der Waals surface area contributed by atoms with Gasteiger partial charge in [-0.3, -0.25) is 4.79 Å². The van der Waals surface area contributed by atoms with Crippen LogP contribution in [0.5, 0.6) is 5.75 Å². The Labute approximate surface area is 178 Å². The van der Waals surface area contributed by atoms with Crippen LogP contribution in [0.1, 0.15) is 42.4 Å². The third-order valence-electron chi connectivity index (χ3n) is 7.51. The van der Waals surface area contributed by atoms with Crippen molar-refractivity contribution in [2.24, 2.45) is 0 Å². The molecular formula is C25H29N3O2. The molecule has 2 aromatic carbocycles. The van der Waals surface area contributed by atoms with Gasteiger partial charge < -0.3 is 19.9 Å². The molecule has 0 bridgehead atoms. The topological polar surface area (TPSA) is 44.8 Å². The van der Waals surface area contributed by atoms with Gasteiger partial charge in [0.1, 0.15) is 11.8 Å². The molecule has 1 fully saturated rings. The van der Waals surface area contributed by atoms with Crippen LogP contribution in [0.2, 0.25) is 0 Å². The lowest BCUT2D eigenvalue weighted by atomic mass is 9.88. The lowest BCUT2D eigenvalue weighted by molar-refractivity contribution is -0.117. The summed E-state index contributed by atoms with van der Waals surface area (Å²) in [6.07, 6.45) is 4.41. The van der Waals surface area contributed by atoms with E-state index in [-0.39, 0.29) is 11.9 Å². The fourth-order valence-electron chi connectivity index (χ4n) is 6.08. The lowest BCUT2D eigenvalue weighted by Gasteiger charge is -2.42. The number of nitrogens with zero attached hydrogens (tertiary/aromatic N) is 2. The van der Waals surface area contributed by atoms with E-state index in [1.807, 2.05) is 13.0 Å². The first-order valence-corrected chi connectivity index (χ1v) is 11.4. The molecule has 0 radical (unpaired) electrons. The summed E-state index contributed by atoms with van der Waals surface area (Å²) in [6.45, 7) is 6.19. The van der Waals surface area contributed by atoms with Crippen molar-refractivity contribution in [2.45, 2.75) is 50.6 Å². The first-order chi connectivity index (χ1) is 14.7. The summed E-state index contributed by atoms with van der Waals surface area (Å²) in [6, 6.07) is 13.4. The molecule has 156 valence electrons. The zero-order valence-corrected chi connectivity index (χ0v) is 17.6. The van der Waals surface area contributed by atoms with E-state index < -0.39 is 0 Å². The van der Waals surface area contributed by atoms with Crippen molar-refractivity contribution >= 4 is 17.3 Å². The number of likely N-dealkylation sites (tertiary alicyclic amines) is 1. The minimum absolute atomic E-state index is 0.0830. The number of amides is 1. The molecule has 0 saturated carbocycles. The van der Waals surface area contributed by atoms with Gasteiger partial charge in [0.15, 0.2) is 0 Å². The van der Waals surface area contributed by atoms with Gasteiger partial charge in [-0.1, -0.05) is 30.3 Å². The maximum absolute atomic E-state index is 12.5. The average molecular weight is 404 g/mol. The Morgan fingerprint density at radius 3 is 3.03 bits per heavy atom. The molecule has 1 amide bonds. The molecule has 1 N–H and O–H groups in total. The van der Waals surface area contributed by atoms with Crippen molar-refractivity contribution in [1.82, 2.24) is 4.90 Å². The van der Waals surface area contributed by atoms with E-state index in [1.165, 1.54) is 22.4 Å². The number of hydrogen-bond donors (Lipinski definition) is 1. The van der Waals surface area contributed by atoms with Crippen molar-refractivity contribution in [3.8, 4) is 5.75 Å². The summed E-state index contributed by atoms with van der Waals surface area (Å²) in [5.41, 5.74) is 6.43. The number of para-hydroxylation sites is 2. The smallest absolute Gasteiger partial charge is 0.246 e. The second-order valence-corrected chi connectivity index (χ2v) is 9.19. The van der Waals surface area contributed by atoms with Crippen LogP contribution in [-0.4, -0.2) is 49.1 Å². The zero-order chi connectivity index (χ0) is 20.2. The Morgan fingerprint density at radius 2 is 2.10 bits per heavy atom. The van der Waals surface area contributed by atoms with Crippen molar-refractivity contribution in [3.05, 3.63) is 53.1 Å². The highest BCUT2D eigenvalue weighted by atomic mass is 16.5. The first-order valence-electron chi connectivity index (χ1n) is 11.4. The zero-order valence-electron chi connectivity index (χ0n) is 17.6. The Bertz CT molecular complexity index is 1000. The number of rotatable bonds is 4. The molecule has 6 rings (SSSR count). The molecule has 3 atom stereocenters. The molecule has 0 aromatic heterocycles. The average Bonchev–Trinajstić information content (AvgIpc) is 3.36. The number of carbonyl (C=O) groups excluding carboxylic acids is 1. The van der Waals surface area contributed by atoms with Crippen LogP contribution >= 0.6 is 0 Å². The third-order valence-corrected chi connectivity index (χ3v) is 7.51. The summed E-state index contributed by atoms with van der Waals surface area (Å²) >= 11 is 0. The van der Waals surface area contributed by atoms with Crippen LogP contribution < -0.4 is 15.0 Å². The maximum Gasteiger partial charge on any atom is 0.246 e. The van der Waals surface area contributed by atoms with E-state index in [0.717, 1.165) is 63.4 Å². The molecule has 1 saturated heterocycles. The number of anilines is 2. The van der Waals surface area contributed by atoms with Crippen molar-refractivity contribution < 1.29 is 9.53 Å². The quantitative estimate of drug-likeness (QED) is 0.848. The molecule has 5 heteroatoms.